The molecule has 0 aliphatic carbocycles. The van der Waals surface area contributed by atoms with Crippen molar-refractivity contribution in [1.82, 2.24) is 25.0 Å². The Morgan fingerprint density at radius 2 is 1.94 bits per heavy atom. The van der Waals surface area contributed by atoms with E-state index in [2.05, 4.69) is 27.3 Å². The molecule has 174 valence electrons. The fraction of sp³-hybridized carbons (Fsp3) is 0.185. The van der Waals surface area contributed by atoms with Gasteiger partial charge in [0.15, 0.2) is 0 Å². The largest absolute Gasteiger partial charge is 0.497 e. The van der Waals surface area contributed by atoms with Gasteiger partial charge in [-0.05, 0) is 34.5 Å². The number of imidazole rings is 1. The van der Waals surface area contributed by atoms with Crippen molar-refractivity contribution in [2.24, 2.45) is 0 Å². The molecule has 0 fully saturated rings. The molecule has 5 aromatic rings. The monoisotopic (exact) mass is 465 g/mol. The van der Waals surface area contributed by atoms with Crippen molar-refractivity contribution in [3.63, 3.8) is 0 Å². The zero-order chi connectivity index (χ0) is 23.8. The van der Waals surface area contributed by atoms with Gasteiger partial charge < -0.3 is 19.1 Å². The molecule has 1 aliphatic heterocycles. The first kappa shape index (κ1) is 21.1. The molecule has 0 spiro atoms. The summed E-state index contributed by atoms with van der Waals surface area (Å²) in [5, 5.41) is 6.49. The molecular formula is C27H23N5O3. The van der Waals surface area contributed by atoms with Crippen molar-refractivity contribution >= 4 is 16.7 Å². The number of carbonyl (C=O) groups excluding carboxylic acids is 1. The van der Waals surface area contributed by atoms with E-state index < -0.39 is 6.04 Å². The topological polar surface area (TPSA) is 97.1 Å². The summed E-state index contributed by atoms with van der Waals surface area (Å²) < 4.78 is 10.9. The van der Waals surface area contributed by atoms with Crippen LogP contribution in [-0.2, 0) is 24.2 Å². The fourth-order valence-electron chi connectivity index (χ4n) is 4.55. The average molecular weight is 466 g/mol. The zero-order valence-corrected chi connectivity index (χ0v) is 19.1. The highest BCUT2D eigenvalue weighted by Gasteiger charge is 2.36. The Kier molecular flexibility index (Phi) is 5.25. The van der Waals surface area contributed by atoms with Gasteiger partial charge in [0.25, 0.3) is 0 Å². The van der Waals surface area contributed by atoms with Crippen LogP contribution in [-0.4, -0.2) is 38.0 Å². The number of amides is 1. The summed E-state index contributed by atoms with van der Waals surface area (Å²) in [6.07, 6.45) is 2.43. The van der Waals surface area contributed by atoms with Gasteiger partial charge in [-0.25, -0.2) is 4.98 Å². The highest BCUT2D eigenvalue weighted by Crippen LogP contribution is 2.33. The van der Waals surface area contributed by atoms with E-state index in [0.29, 0.717) is 24.7 Å². The van der Waals surface area contributed by atoms with Crippen LogP contribution < -0.4 is 4.74 Å². The van der Waals surface area contributed by atoms with E-state index in [4.69, 9.17) is 14.2 Å². The number of methoxy groups -OCH3 is 1. The minimum Gasteiger partial charge on any atom is -0.497 e. The van der Waals surface area contributed by atoms with Gasteiger partial charge in [0.2, 0.25) is 17.6 Å². The summed E-state index contributed by atoms with van der Waals surface area (Å²) in [4.78, 5) is 27.5. The van der Waals surface area contributed by atoms with Gasteiger partial charge in [-0.3, -0.25) is 4.79 Å². The summed E-state index contributed by atoms with van der Waals surface area (Å²) in [5.41, 5.74) is 3.62. The number of carbonyl (C=O) groups is 1. The van der Waals surface area contributed by atoms with Crippen LogP contribution in [0, 0.1) is 0 Å². The summed E-state index contributed by atoms with van der Waals surface area (Å²) in [7, 11) is 1.62. The maximum Gasteiger partial charge on any atom is 0.250 e. The third kappa shape index (κ3) is 4.03. The number of ether oxygens (including phenoxy) is 1. The molecule has 0 saturated carbocycles. The molecule has 1 N–H and O–H groups in total. The van der Waals surface area contributed by atoms with Crippen molar-refractivity contribution in [1.29, 1.82) is 0 Å². The third-order valence-corrected chi connectivity index (χ3v) is 6.47. The van der Waals surface area contributed by atoms with Gasteiger partial charge >= 0.3 is 0 Å². The molecule has 8 nitrogen and oxygen atoms in total. The molecule has 1 aliphatic rings. The number of rotatable bonds is 5. The lowest BCUT2D eigenvalue weighted by Crippen LogP contribution is -2.40. The van der Waals surface area contributed by atoms with Gasteiger partial charge in [0, 0.05) is 12.0 Å². The number of benzene rings is 3. The van der Waals surface area contributed by atoms with Crippen LogP contribution in [0.25, 0.3) is 22.2 Å². The molecule has 3 heterocycles. The summed E-state index contributed by atoms with van der Waals surface area (Å²) in [6.45, 7) is 0.405. The number of nitrogens with zero attached hydrogens (tertiary/aromatic N) is 4. The molecule has 3 aromatic carbocycles. The number of hydrogen-bond donors (Lipinski definition) is 1. The number of hydrogen-bond acceptors (Lipinski definition) is 6. The predicted molar refractivity (Wildman–Crippen MR) is 130 cm³/mol. The second-order valence-corrected chi connectivity index (χ2v) is 8.61. The lowest BCUT2D eigenvalue weighted by Gasteiger charge is -2.33. The molecule has 0 radical (unpaired) electrons. The minimum atomic E-state index is -0.391. The fourth-order valence-corrected chi connectivity index (χ4v) is 4.55. The molecule has 1 atom stereocenters. The van der Waals surface area contributed by atoms with Crippen LogP contribution in [0.15, 0.2) is 77.6 Å². The van der Waals surface area contributed by atoms with Gasteiger partial charge in [-0.1, -0.05) is 53.7 Å². The van der Waals surface area contributed by atoms with E-state index in [-0.39, 0.29) is 12.3 Å². The van der Waals surface area contributed by atoms with Crippen molar-refractivity contribution in [2.75, 3.05) is 7.11 Å². The zero-order valence-electron chi connectivity index (χ0n) is 19.1. The first-order valence-electron chi connectivity index (χ1n) is 11.4. The Bertz CT molecular complexity index is 1500. The van der Waals surface area contributed by atoms with E-state index in [0.717, 1.165) is 39.0 Å². The quantitative estimate of drug-likeness (QED) is 0.411. The highest BCUT2D eigenvalue weighted by molar-refractivity contribution is 5.86. The van der Waals surface area contributed by atoms with Gasteiger partial charge in [0.05, 0.1) is 37.8 Å². The number of aromatic nitrogens is 4. The first-order chi connectivity index (χ1) is 17.2. The van der Waals surface area contributed by atoms with Crippen molar-refractivity contribution < 1.29 is 14.1 Å². The lowest BCUT2D eigenvalue weighted by atomic mass is 10.0. The van der Waals surface area contributed by atoms with Gasteiger partial charge in [0.1, 0.15) is 11.8 Å². The van der Waals surface area contributed by atoms with Crippen LogP contribution >= 0.6 is 0 Å². The normalized spacial score (nSPS) is 15.2. The molecule has 2 aromatic heterocycles. The van der Waals surface area contributed by atoms with E-state index >= 15 is 0 Å². The van der Waals surface area contributed by atoms with Crippen LogP contribution in [0.2, 0.25) is 0 Å². The second-order valence-electron chi connectivity index (χ2n) is 8.61. The smallest absolute Gasteiger partial charge is 0.250 e. The average Bonchev–Trinajstić information content (AvgIpc) is 3.57. The number of aromatic amines is 1. The Hall–Kier alpha value is -4.46. The lowest BCUT2D eigenvalue weighted by molar-refractivity contribution is -0.134. The molecule has 6 rings (SSSR count). The predicted octanol–water partition coefficient (Wildman–Crippen LogP) is 4.49. The highest BCUT2D eigenvalue weighted by atomic mass is 16.5. The summed E-state index contributed by atoms with van der Waals surface area (Å²) in [5.74, 6) is 1.64. The summed E-state index contributed by atoms with van der Waals surface area (Å²) in [6, 6.07) is 21.3. The molecule has 8 heteroatoms. The molecule has 35 heavy (non-hydrogen) atoms. The summed E-state index contributed by atoms with van der Waals surface area (Å²) >= 11 is 0. The van der Waals surface area contributed by atoms with Crippen molar-refractivity contribution in [3.05, 3.63) is 95.9 Å². The maximum absolute atomic E-state index is 13.4. The molecule has 0 bridgehead atoms. The number of fused-ring (bicyclic) bond motifs is 2. The number of H-pyrrole nitrogens is 1. The van der Waals surface area contributed by atoms with Gasteiger partial charge in [-0.15, -0.1) is 0 Å². The molecular weight excluding hydrogens is 442 g/mol. The Labute approximate surface area is 201 Å². The second kappa shape index (κ2) is 8.72. The van der Waals surface area contributed by atoms with Crippen LogP contribution in [0.1, 0.15) is 28.9 Å². The maximum atomic E-state index is 13.4. The Morgan fingerprint density at radius 1 is 1.11 bits per heavy atom. The molecule has 0 saturated heterocycles. The van der Waals surface area contributed by atoms with Crippen LogP contribution in [0.5, 0.6) is 5.75 Å². The molecule has 1 amide bonds. The first-order valence-corrected chi connectivity index (χ1v) is 11.4. The van der Waals surface area contributed by atoms with Crippen LogP contribution in [0.4, 0.5) is 0 Å². The van der Waals surface area contributed by atoms with E-state index in [1.54, 1.807) is 18.3 Å². The van der Waals surface area contributed by atoms with Crippen molar-refractivity contribution in [2.45, 2.75) is 25.4 Å². The van der Waals surface area contributed by atoms with E-state index in [9.17, 15) is 4.79 Å². The Morgan fingerprint density at radius 3 is 2.77 bits per heavy atom. The number of nitrogens with one attached hydrogen (secondary N) is 1. The standard InChI is InChI=1S/C27H23N5O3/c1-34-21-10-6-17(7-11-21)12-25(33)32-15-23-22(28-16-29-23)14-24(32)27-30-26(31-35-27)20-9-8-18-4-2-3-5-19(18)13-20/h2-11,13,16,24H,12,14-15H2,1H3,(H,28,29). The Balaban J connectivity index is 1.30. The van der Waals surface area contributed by atoms with E-state index in [1.807, 2.05) is 54.6 Å². The molecule has 1 unspecified atom stereocenters. The third-order valence-electron chi connectivity index (χ3n) is 6.47. The van der Waals surface area contributed by atoms with Gasteiger partial charge in [-0.2, -0.15) is 4.98 Å². The van der Waals surface area contributed by atoms with Crippen LogP contribution in [0.3, 0.4) is 0 Å². The van der Waals surface area contributed by atoms with E-state index in [1.165, 1.54) is 0 Å². The van der Waals surface area contributed by atoms with Crippen molar-refractivity contribution in [3.8, 4) is 17.1 Å². The SMILES string of the molecule is COc1ccc(CC(=O)N2Cc3[nH]cnc3CC2c2nc(-c3ccc4ccccc4c3)no2)cc1. The minimum absolute atomic E-state index is 0.0223.